The average molecular weight is 348 g/mol. The normalized spacial score (nSPS) is 17.9. The first kappa shape index (κ1) is 16.5. The second kappa shape index (κ2) is 7.88. The SMILES string of the molecule is Cc1cc(CCC(=O)NC2CCNC2)ccc1Br.Cl. The van der Waals surface area contributed by atoms with Crippen molar-refractivity contribution in [3.63, 3.8) is 0 Å². The van der Waals surface area contributed by atoms with E-state index in [1.54, 1.807) is 0 Å². The van der Waals surface area contributed by atoms with Crippen LogP contribution in [-0.2, 0) is 11.2 Å². The van der Waals surface area contributed by atoms with Crippen LogP contribution in [0.2, 0.25) is 0 Å². The zero-order valence-electron chi connectivity index (χ0n) is 11.0. The molecule has 1 aliphatic rings. The summed E-state index contributed by atoms with van der Waals surface area (Å²) in [5, 5.41) is 6.31. The fourth-order valence-electron chi connectivity index (χ4n) is 2.20. The Morgan fingerprint density at radius 2 is 2.32 bits per heavy atom. The minimum Gasteiger partial charge on any atom is -0.352 e. The largest absolute Gasteiger partial charge is 0.352 e. The standard InChI is InChI=1S/C14H19BrN2O.ClH/c1-10-8-11(2-4-13(10)15)3-5-14(18)17-12-6-7-16-9-12;/h2,4,8,12,16H,3,5-7,9H2,1H3,(H,17,18);1H. The molecule has 106 valence electrons. The van der Waals surface area contributed by atoms with Gasteiger partial charge in [-0.2, -0.15) is 0 Å². The highest BCUT2D eigenvalue weighted by atomic mass is 79.9. The molecule has 2 N–H and O–H groups in total. The van der Waals surface area contributed by atoms with E-state index in [1.165, 1.54) is 11.1 Å². The molecule has 0 aromatic heterocycles. The Morgan fingerprint density at radius 1 is 1.53 bits per heavy atom. The van der Waals surface area contributed by atoms with Crippen molar-refractivity contribution in [1.82, 2.24) is 10.6 Å². The van der Waals surface area contributed by atoms with Crippen molar-refractivity contribution in [3.05, 3.63) is 33.8 Å². The van der Waals surface area contributed by atoms with Crippen molar-refractivity contribution in [3.8, 4) is 0 Å². The molecule has 19 heavy (non-hydrogen) atoms. The van der Waals surface area contributed by atoms with Crippen molar-refractivity contribution >= 4 is 34.2 Å². The number of carbonyl (C=O) groups excluding carboxylic acids is 1. The van der Waals surface area contributed by atoms with Crippen LogP contribution in [0.25, 0.3) is 0 Å². The second-order valence-corrected chi connectivity index (χ2v) is 5.70. The van der Waals surface area contributed by atoms with E-state index < -0.39 is 0 Å². The Hall–Kier alpha value is -0.580. The monoisotopic (exact) mass is 346 g/mol. The number of halogens is 2. The lowest BCUT2D eigenvalue weighted by molar-refractivity contribution is -0.121. The zero-order valence-corrected chi connectivity index (χ0v) is 13.4. The molecule has 0 saturated carbocycles. The maximum Gasteiger partial charge on any atom is 0.220 e. The third-order valence-electron chi connectivity index (χ3n) is 3.29. The predicted octanol–water partition coefficient (Wildman–Crippen LogP) is 2.59. The Labute approximate surface area is 129 Å². The Morgan fingerprint density at radius 3 is 2.95 bits per heavy atom. The number of amides is 1. The number of hydrogen-bond acceptors (Lipinski definition) is 2. The molecule has 1 atom stereocenters. The van der Waals surface area contributed by atoms with Gasteiger partial charge in [0.1, 0.15) is 0 Å². The van der Waals surface area contributed by atoms with E-state index in [-0.39, 0.29) is 18.3 Å². The topological polar surface area (TPSA) is 41.1 Å². The van der Waals surface area contributed by atoms with Gasteiger partial charge in [0, 0.05) is 23.5 Å². The van der Waals surface area contributed by atoms with Crippen LogP contribution in [-0.4, -0.2) is 25.0 Å². The summed E-state index contributed by atoms with van der Waals surface area (Å²) in [5.74, 6) is 0.157. The van der Waals surface area contributed by atoms with Gasteiger partial charge in [-0.25, -0.2) is 0 Å². The van der Waals surface area contributed by atoms with Crippen LogP contribution in [0.3, 0.4) is 0 Å². The van der Waals surface area contributed by atoms with E-state index in [0.717, 1.165) is 30.4 Å². The second-order valence-electron chi connectivity index (χ2n) is 4.84. The highest BCUT2D eigenvalue weighted by Crippen LogP contribution is 2.17. The number of hydrogen-bond donors (Lipinski definition) is 2. The van der Waals surface area contributed by atoms with Gasteiger partial charge in [0.2, 0.25) is 5.91 Å². The molecule has 2 rings (SSSR count). The molecule has 3 nitrogen and oxygen atoms in total. The smallest absolute Gasteiger partial charge is 0.220 e. The van der Waals surface area contributed by atoms with Gasteiger partial charge < -0.3 is 10.6 Å². The van der Waals surface area contributed by atoms with Gasteiger partial charge in [-0.05, 0) is 43.5 Å². The Bertz CT molecular complexity index is 433. The maximum absolute atomic E-state index is 11.8. The predicted molar refractivity (Wildman–Crippen MR) is 83.9 cm³/mol. The highest BCUT2D eigenvalue weighted by molar-refractivity contribution is 9.10. The van der Waals surface area contributed by atoms with Gasteiger partial charge in [-0.3, -0.25) is 4.79 Å². The first-order valence-electron chi connectivity index (χ1n) is 6.40. The summed E-state index contributed by atoms with van der Waals surface area (Å²) in [5.41, 5.74) is 2.43. The zero-order chi connectivity index (χ0) is 13.0. The third kappa shape index (κ3) is 5.13. The molecule has 1 heterocycles. The van der Waals surface area contributed by atoms with E-state index in [2.05, 4.69) is 45.6 Å². The molecule has 1 fully saturated rings. The van der Waals surface area contributed by atoms with Crippen LogP contribution in [0.1, 0.15) is 24.0 Å². The molecule has 0 bridgehead atoms. The summed E-state index contributed by atoms with van der Waals surface area (Å²) in [6.45, 7) is 3.98. The first-order valence-corrected chi connectivity index (χ1v) is 7.19. The number of carbonyl (C=O) groups is 1. The molecule has 0 spiro atoms. The van der Waals surface area contributed by atoms with Crippen molar-refractivity contribution in [1.29, 1.82) is 0 Å². The van der Waals surface area contributed by atoms with Crippen LogP contribution in [0, 0.1) is 6.92 Å². The van der Waals surface area contributed by atoms with Crippen LogP contribution in [0.15, 0.2) is 22.7 Å². The molecule has 5 heteroatoms. The molecule has 0 aliphatic carbocycles. The summed E-state index contributed by atoms with van der Waals surface area (Å²) < 4.78 is 1.12. The Kier molecular flexibility index (Phi) is 6.83. The number of benzene rings is 1. The summed E-state index contributed by atoms with van der Waals surface area (Å²) >= 11 is 3.48. The van der Waals surface area contributed by atoms with Crippen LogP contribution in [0.5, 0.6) is 0 Å². The molecule has 1 aliphatic heterocycles. The van der Waals surface area contributed by atoms with Crippen LogP contribution in [0.4, 0.5) is 0 Å². The summed E-state index contributed by atoms with van der Waals surface area (Å²) in [6, 6.07) is 6.57. The molecular weight excluding hydrogens is 328 g/mol. The van der Waals surface area contributed by atoms with Crippen molar-refractivity contribution in [2.75, 3.05) is 13.1 Å². The van der Waals surface area contributed by atoms with E-state index >= 15 is 0 Å². The summed E-state index contributed by atoms with van der Waals surface area (Å²) in [6.07, 6.45) is 2.42. The summed E-state index contributed by atoms with van der Waals surface area (Å²) in [7, 11) is 0. The molecule has 1 saturated heterocycles. The molecule has 1 amide bonds. The van der Waals surface area contributed by atoms with Gasteiger partial charge >= 0.3 is 0 Å². The number of aryl methyl sites for hydroxylation is 2. The molecule has 1 aromatic rings. The lowest BCUT2D eigenvalue weighted by Crippen LogP contribution is -2.36. The molecular formula is C14H20BrClN2O. The van der Waals surface area contributed by atoms with Gasteiger partial charge in [-0.15, -0.1) is 12.4 Å². The third-order valence-corrected chi connectivity index (χ3v) is 4.18. The van der Waals surface area contributed by atoms with Gasteiger partial charge in [0.25, 0.3) is 0 Å². The molecule has 0 radical (unpaired) electrons. The van der Waals surface area contributed by atoms with E-state index in [0.29, 0.717) is 12.5 Å². The fourth-order valence-corrected chi connectivity index (χ4v) is 2.44. The fraction of sp³-hybridized carbons (Fsp3) is 0.500. The van der Waals surface area contributed by atoms with E-state index in [4.69, 9.17) is 0 Å². The van der Waals surface area contributed by atoms with Crippen LogP contribution >= 0.6 is 28.3 Å². The number of rotatable bonds is 4. The highest BCUT2D eigenvalue weighted by Gasteiger charge is 2.16. The van der Waals surface area contributed by atoms with Crippen LogP contribution < -0.4 is 10.6 Å². The van der Waals surface area contributed by atoms with E-state index in [9.17, 15) is 4.79 Å². The van der Waals surface area contributed by atoms with Crippen molar-refractivity contribution < 1.29 is 4.79 Å². The minimum atomic E-state index is 0. The van der Waals surface area contributed by atoms with Gasteiger partial charge in [0.05, 0.1) is 0 Å². The summed E-state index contributed by atoms with van der Waals surface area (Å²) in [4.78, 5) is 11.8. The van der Waals surface area contributed by atoms with Crippen molar-refractivity contribution in [2.45, 2.75) is 32.2 Å². The Balaban J connectivity index is 0.00000180. The average Bonchev–Trinajstić information content (AvgIpc) is 2.83. The lowest BCUT2D eigenvalue weighted by atomic mass is 10.1. The quantitative estimate of drug-likeness (QED) is 0.879. The first-order chi connectivity index (χ1) is 8.65. The van der Waals surface area contributed by atoms with E-state index in [1.807, 2.05) is 6.07 Å². The van der Waals surface area contributed by atoms with Gasteiger partial charge in [-0.1, -0.05) is 28.1 Å². The lowest BCUT2D eigenvalue weighted by Gasteiger charge is -2.11. The molecule has 1 aromatic carbocycles. The minimum absolute atomic E-state index is 0. The molecule has 1 unspecified atom stereocenters. The van der Waals surface area contributed by atoms with Crippen molar-refractivity contribution in [2.24, 2.45) is 0 Å². The van der Waals surface area contributed by atoms with Gasteiger partial charge in [0.15, 0.2) is 0 Å². The maximum atomic E-state index is 11.8. The number of nitrogens with one attached hydrogen (secondary N) is 2.